The number of nitrogens with zero attached hydrogens (tertiary/aromatic N) is 2. The summed E-state index contributed by atoms with van der Waals surface area (Å²) in [6.07, 6.45) is 2.31. The number of aliphatic hydroxyl groups is 1. The van der Waals surface area contributed by atoms with Crippen molar-refractivity contribution in [2.24, 2.45) is 5.92 Å². The molecule has 3 aliphatic heterocycles. The molecular weight excluding hydrogens is 424 g/mol. The molecule has 2 atom stereocenters. The number of rotatable bonds is 3. The quantitative estimate of drug-likeness (QED) is 0.603. The Morgan fingerprint density at radius 2 is 1.79 bits per heavy atom. The summed E-state index contributed by atoms with van der Waals surface area (Å²) in [5.74, 6) is -1.95. The van der Waals surface area contributed by atoms with E-state index in [1.807, 2.05) is 12.1 Å². The van der Waals surface area contributed by atoms with Gasteiger partial charge in [0.2, 0.25) is 0 Å². The predicted molar refractivity (Wildman–Crippen MR) is 124 cm³/mol. The second-order valence-corrected chi connectivity index (χ2v) is 9.86. The van der Waals surface area contributed by atoms with Crippen molar-refractivity contribution >= 4 is 29.3 Å². The van der Waals surface area contributed by atoms with Crippen LogP contribution in [0.4, 0.5) is 16.2 Å². The van der Waals surface area contributed by atoms with Gasteiger partial charge in [0, 0.05) is 43.5 Å². The third-order valence-corrected chi connectivity index (χ3v) is 6.24. The largest absolute Gasteiger partial charge is 0.511 e. The van der Waals surface area contributed by atoms with Crippen molar-refractivity contribution in [3.05, 3.63) is 35.6 Å². The number of hydrogen-bond acceptors (Lipinski definition) is 6. The summed E-state index contributed by atoms with van der Waals surface area (Å²) < 4.78 is 5.41. The fourth-order valence-corrected chi connectivity index (χ4v) is 4.60. The SMILES string of the molecule is CC(C)(C)OC(=O)N1CCC2C(O)=C(C(=O)Nc3ccc(N4CCCC4)cc3)C(=O)NC2C1. The summed E-state index contributed by atoms with van der Waals surface area (Å²) in [4.78, 5) is 41.7. The number of piperidine rings is 1. The van der Waals surface area contributed by atoms with Crippen LogP contribution in [-0.4, -0.2) is 65.7 Å². The number of carbonyl (C=O) groups excluding carboxylic acids is 3. The van der Waals surface area contributed by atoms with Gasteiger partial charge in [-0.3, -0.25) is 9.59 Å². The average Bonchev–Trinajstić information content (AvgIpc) is 3.27. The minimum atomic E-state index is -0.647. The molecule has 9 heteroatoms. The van der Waals surface area contributed by atoms with Crippen molar-refractivity contribution in [2.45, 2.75) is 51.7 Å². The summed E-state index contributed by atoms with van der Waals surface area (Å²) in [7, 11) is 0. The van der Waals surface area contributed by atoms with Crippen LogP contribution in [0.15, 0.2) is 35.6 Å². The number of likely N-dealkylation sites (tertiary alicyclic amines) is 1. The van der Waals surface area contributed by atoms with Gasteiger partial charge < -0.3 is 30.3 Å². The Kier molecular flexibility index (Phi) is 6.23. The van der Waals surface area contributed by atoms with Crippen LogP contribution in [0, 0.1) is 5.92 Å². The highest BCUT2D eigenvalue weighted by atomic mass is 16.6. The molecule has 4 rings (SSSR count). The molecule has 3 heterocycles. The van der Waals surface area contributed by atoms with Gasteiger partial charge in [-0.05, 0) is 64.3 Å². The average molecular weight is 457 g/mol. The molecule has 0 aromatic heterocycles. The fraction of sp³-hybridized carbons (Fsp3) is 0.542. The van der Waals surface area contributed by atoms with Crippen molar-refractivity contribution in [1.82, 2.24) is 10.2 Å². The van der Waals surface area contributed by atoms with Gasteiger partial charge in [0.1, 0.15) is 16.9 Å². The molecule has 2 unspecified atom stereocenters. The summed E-state index contributed by atoms with van der Waals surface area (Å²) >= 11 is 0. The summed E-state index contributed by atoms with van der Waals surface area (Å²) in [5.41, 5.74) is 0.759. The van der Waals surface area contributed by atoms with E-state index >= 15 is 0 Å². The van der Waals surface area contributed by atoms with E-state index in [2.05, 4.69) is 15.5 Å². The molecule has 0 aliphatic carbocycles. The zero-order valence-corrected chi connectivity index (χ0v) is 19.4. The van der Waals surface area contributed by atoms with Crippen molar-refractivity contribution < 1.29 is 24.2 Å². The molecule has 178 valence electrons. The first-order chi connectivity index (χ1) is 15.6. The third-order valence-electron chi connectivity index (χ3n) is 6.24. The molecule has 0 spiro atoms. The molecule has 3 N–H and O–H groups in total. The highest BCUT2D eigenvalue weighted by Crippen LogP contribution is 2.31. The Balaban J connectivity index is 1.42. The molecule has 3 amide bonds. The third kappa shape index (κ3) is 5.07. The lowest BCUT2D eigenvalue weighted by Gasteiger charge is -2.41. The Hall–Kier alpha value is -3.23. The van der Waals surface area contributed by atoms with Gasteiger partial charge in [-0.1, -0.05) is 0 Å². The van der Waals surface area contributed by atoms with Crippen LogP contribution in [0.3, 0.4) is 0 Å². The molecule has 2 fully saturated rings. The molecule has 2 saturated heterocycles. The van der Waals surface area contributed by atoms with Crippen molar-refractivity contribution in [1.29, 1.82) is 0 Å². The topological polar surface area (TPSA) is 111 Å². The summed E-state index contributed by atoms with van der Waals surface area (Å²) in [5, 5.41) is 16.3. The van der Waals surface area contributed by atoms with Gasteiger partial charge in [0.25, 0.3) is 11.8 Å². The molecule has 9 nitrogen and oxygen atoms in total. The number of anilines is 2. The molecule has 1 aromatic carbocycles. The van der Waals surface area contributed by atoms with Gasteiger partial charge >= 0.3 is 6.09 Å². The number of hydrogen-bond donors (Lipinski definition) is 3. The van der Waals surface area contributed by atoms with E-state index < -0.39 is 35.5 Å². The second-order valence-electron chi connectivity index (χ2n) is 9.86. The highest BCUT2D eigenvalue weighted by molar-refractivity contribution is 6.23. The van der Waals surface area contributed by atoms with E-state index in [1.165, 1.54) is 17.7 Å². The number of amides is 3. The molecule has 3 aliphatic rings. The van der Waals surface area contributed by atoms with Crippen molar-refractivity contribution in [3.8, 4) is 0 Å². The van der Waals surface area contributed by atoms with E-state index in [-0.39, 0.29) is 17.9 Å². The normalized spacial score (nSPS) is 23.2. The van der Waals surface area contributed by atoms with E-state index in [0.29, 0.717) is 18.7 Å². The first-order valence-corrected chi connectivity index (χ1v) is 11.5. The maximum Gasteiger partial charge on any atom is 0.410 e. The monoisotopic (exact) mass is 456 g/mol. The van der Waals surface area contributed by atoms with Crippen LogP contribution in [0.25, 0.3) is 0 Å². The lowest BCUT2D eigenvalue weighted by atomic mass is 9.84. The number of fused-ring (bicyclic) bond motifs is 1. The number of nitrogens with one attached hydrogen (secondary N) is 2. The van der Waals surface area contributed by atoms with E-state index in [4.69, 9.17) is 4.74 Å². The zero-order valence-electron chi connectivity index (χ0n) is 19.4. The predicted octanol–water partition coefficient (Wildman–Crippen LogP) is 2.79. The van der Waals surface area contributed by atoms with Gasteiger partial charge in [-0.15, -0.1) is 0 Å². The fourth-order valence-electron chi connectivity index (χ4n) is 4.60. The van der Waals surface area contributed by atoms with Gasteiger partial charge in [0.05, 0.1) is 6.04 Å². The van der Waals surface area contributed by atoms with Crippen LogP contribution in [0.5, 0.6) is 0 Å². The Labute approximate surface area is 193 Å². The first-order valence-electron chi connectivity index (χ1n) is 11.5. The smallest absolute Gasteiger partial charge is 0.410 e. The van der Waals surface area contributed by atoms with Crippen molar-refractivity contribution in [2.75, 3.05) is 36.4 Å². The van der Waals surface area contributed by atoms with Crippen LogP contribution in [0.2, 0.25) is 0 Å². The van der Waals surface area contributed by atoms with Gasteiger partial charge in [0.15, 0.2) is 0 Å². The number of ether oxygens (including phenoxy) is 1. The Morgan fingerprint density at radius 1 is 1.12 bits per heavy atom. The molecule has 0 radical (unpaired) electrons. The number of aliphatic hydroxyl groups excluding tert-OH is 1. The molecular formula is C24H32N4O5. The van der Waals surface area contributed by atoms with Crippen LogP contribution in [0.1, 0.15) is 40.0 Å². The van der Waals surface area contributed by atoms with E-state index in [9.17, 15) is 19.5 Å². The van der Waals surface area contributed by atoms with Gasteiger partial charge in [-0.25, -0.2) is 4.79 Å². The second kappa shape index (κ2) is 8.96. The van der Waals surface area contributed by atoms with Crippen LogP contribution >= 0.6 is 0 Å². The Morgan fingerprint density at radius 3 is 2.42 bits per heavy atom. The summed E-state index contributed by atoms with van der Waals surface area (Å²) in [6, 6.07) is 7.00. The van der Waals surface area contributed by atoms with Crippen LogP contribution < -0.4 is 15.5 Å². The highest BCUT2D eigenvalue weighted by Gasteiger charge is 2.43. The maximum absolute atomic E-state index is 12.8. The molecule has 0 bridgehead atoms. The summed E-state index contributed by atoms with van der Waals surface area (Å²) in [6.45, 7) is 8.00. The number of carbonyl (C=O) groups is 3. The van der Waals surface area contributed by atoms with Crippen LogP contribution in [-0.2, 0) is 14.3 Å². The minimum absolute atomic E-state index is 0.211. The van der Waals surface area contributed by atoms with E-state index in [0.717, 1.165) is 18.8 Å². The molecule has 1 aromatic rings. The first kappa shape index (κ1) is 22.9. The minimum Gasteiger partial charge on any atom is -0.511 e. The van der Waals surface area contributed by atoms with Gasteiger partial charge in [-0.2, -0.15) is 0 Å². The Bertz CT molecular complexity index is 960. The zero-order chi connectivity index (χ0) is 23.8. The maximum atomic E-state index is 12.8. The lowest BCUT2D eigenvalue weighted by Crippen LogP contribution is -2.58. The lowest BCUT2D eigenvalue weighted by molar-refractivity contribution is -0.124. The standard InChI is InChI=1S/C24H32N4O5/c1-24(2,3)33-23(32)28-13-10-17-18(14-28)26-22(31)19(20(17)29)21(30)25-15-6-8-16(9-7-15)27-11-4-5-12-27/h6-9,17-18,29H,4-5,10-14H2,1-3H3,(H,25,30)(H,26,31). The molecule has 33 heavy (non-hydrogen) atoms. The number of benzene rings is 1. The molecule has 0 saturated carbocycles. The van der Waals surface area contributed by atoms with E-state index in [1.54, 1.807) is 32.9 Å². The van der Waals surface area contributed by atoms with Crippen molar-refractivity contribution in [3.63, 3.8) is 0 Å².